The van der Waals surface area contributed by atoms with Crippen LogP contribution >= 0.6 is 0 Å². The lowest BCUT2D eigenvalue weighted by Crippen LogP contribution is -2.18. The molecule has 0 aliphatic carbocycles. The zero-order valence-electron chi connectivity index (χ0n) is 11.6. The van der Waals surface area contributed by atoms with E-state index in [0.717, 1.165) is 16.6 Å². The van der Waals surface area contributed by atoms with Gasteiger partial charge in [0.25, 0.3) is 0 Å². The minimum Gasteiger partial charge on any atom is -0.326 e. The molecule has 1 heterocycles. The van der Waals surface area contributed by atoms with Crippen molar-refractivity contribution in [1.29, 1.82) is 0 Å². The van der Waals surface area contributed by atoms with E-state index in [4.69, 9.17) is 0 Å². The molecule has 5 heteroatoms. The molecule has 0 saturated heterocycles. The van der Waals surface area contributed by atoms with E-state index in [2.05, 4.69) is 29.6 Å². The van der Waals surface area contributed by atoms with Crippen LogP contribution in [0.3, 0.4) is 0 Å². The smallest absolute Gasteiger partial charge is 0.225 e. The summed E-state index contributed by atoms with van der Waals surface area (Å²) in [7, 11) is 1.83. The molecule has 2 rings (SSSR count). The Morgan fingerprint density at radius 1 is 1.42 bits per heavy atom. The normalized spacial score (nSPS) is 11.2. The summed E-state index contributed by atoms with van der Waals surface area (Å²) in [5.74, 6) is 0.0179. The molecule has 19 heavy (non-hydrogen) atoms. The number of amides is 1. The fraction of sp³-hybridized carbons (Fsp3) is 0.429. The Kier molecular flexibility index (Phi) is 4.16. The Hall–Kier alpha value is -1.88. The van der Waals surface area contributed by atoms with E-state index in [0.29, 0.717) is 19.0 Å². The lowest BCUT2D eigenvalue weighted by molar-refractivity contribution is -0.116. The average molecular weight is 260 g/mol. The van der Waals surface area contributed by atoms with Gasteiger partial charge in [0.05, 0.1) is 11.7 Å². The van der Waals surface area contributed by atoms with Crippen molar-refractivity contribution < 1.29 is 4.79 Å². The largest absolute Gasteiger partial charge is 0.326 e. The van der Waals surface area contributed by atoms with Crippen LogP contribution in [-0.4, -0.2) is 29.3 Å². The van der Waals surface area contributed by atoms with Crippen LogP contribution < -0.4 is 10.6 Å². The molecule has 0 aliphatic heterocycles. The van der Waals surface area contributed by atoms with E-state index in [1.807, 2.05) is 36.1 Å². The molecule has 1 aromatic heterocycles. The van der Waals surface area contributed by atoms with E-state index >= 15 is 0 Å². The Bertz CT molecular complexity index is 574. The SMILES string of the molecule is CNCCC(=O)Nc1ccc2cnn(C(C)C)c2c1. The molecule has 0 saturated carbocycles. The molecular formula is C14H20N4O. The van der Waals surface area contributed by atoms with Gasteiger partial charge in [-0.05, 0) is 39.1 Å². The molecule has 1 amide bonds. The zero-order valence-corrected chi connectivity index (χ0v) is 11.6. The molecule has 2 N–H and O–H groups in total. The van der Waals surface area contributed by atoms with Crippen LogP contribution in [0.25, 0.3) is 10.9 Å². The van der Waals surface area contributed by atoms with Crippen molar-refractivity contribution in [2.24, 2.45) is 0 Å². The molecule has 0 bridgehead atoms. The van der Waals surface area contributed by atoms with Crippen molar-refractivity contribution in [2.75, 3.05) is 18.9 Å². The number of rotatable bonds is 5. The molecule has 1 aromatic carbocycles. The molecule has 102 valence electrons. The number of aromatic nitrogens is 2. The first-order chi connectivity index (χ1) is 9.11. The van der Waals surface area contributed by atoms with Gasteiger partial charge in [0.1, 0.15) is 0 Å². The van der Waals surface area contributed by atoms with Gasteiger partial charge in [0.2, 0.25) is 5.91 Å². The summed E-state index contributed by atoms with van der Waals surface area (Å²) < 4.78 is 1.96. The number of hydrogen-bond acceptors (Lipinski definition) is 3. The van der Waals surface area contributed by atoms with Crippen LogP contribution in [0, 0.1) is 0 Å². The van der Waals surface area contributed by atoms with Crippen LogP contribution in [0.5, 0.6) is 0 Å². The minimum atomic E-state index is 0.0179. The monoisotopic (exact) mass is 260 g/mol. The van der Waals surface area contributed by atoms with E-state index in [1.165, 1.54) is 0 Å². The van der Waals surface area contributed by atoms with Crippen LogP contribution in [0.4, 0.5) is 5.69 Å². The maximum Gasteiger partial charge on any atom is 0.225 e. The molecule has 0 aliphatic rings. The molecule has 5 nitrogen and oxygen atoms in total. The molecule has 0 radical (unpaired) electrons. The Morgan fingerprint density at radius 2 is 2.21 bits per heavy atom. The molecule has 0 atom stereocenters. The standard InChI is InChI=1S/C14H20N4O/c1-10(2)18-13-8-12(5-4-11(13)9-16-18)17-14(19)6-7-15-3/h4-5,8-10,15H,6-7H2,1-3H3,(H,17,19). The van der Waals surface area contributed by atoms with Gasteiger partial charge in [-0.2, -0.15) is 5.10 Å². The van der Waals surface area contributed by atoms with Gasteiger partial charge in [-0.1, -0.05) is 0 Å². The van der Waals surface area contributed by atoms with Crippen molar-refractivity contribution in [3.8, 4) is 0 Å². The van der Waals surface area contributed by atoms with Gasteiger partial charge < -0.3 is 10.6 Å². The van der Waals surface area contributed by atoms with Crippen LogP contribution in [0.1, 0.15) is 26.3 Å². The number of carbonyl (C=O) groups is 1. The van der Waals surface area contributed by atoms with Gasteiger partial charge in [-0.3, -0.25) is 9.48 Å². The highest BCUT2D eigenvalue weighted by Gasteiger charge is 2.08. The van der Waals surface area contributed by atoms with Crippen LogP contribution in [0.15, 0.2) is 24.4 Å². The average Bonchev–Trinajstić information content (AvgIpc) is 2.79. The molecule has 2 aromatic rings. The fourth-order valence-corrected chi connectivity index (χ4v) is 1.99. The highest BCUT2D eigenvalue weighted by Crippen LogP contribution is 2.21. The molecule has 0 unspecified atom stereocenters. The van der Waals surface area contributed by atoms with E-state index in [-0.39, 0.29) is 5.91 Å². The van der Waals surface area contributed by atoms with E-state index in [1.54, 1.807) is 0 Å². The first-order valence-electron chi connectivity index (χ1n) is 6.53. The number of hydrogen-bond donors (Lipinski definition) is 2. The first kappa shape index (κ1) is 13.5. The lowest BCUT2D eigenvalue weighted by atomic mass is 10.2. The Morgan fingerprint density at radius 3 is 2.89 bits per heavy atom. The van der Waals surface area contributed by atoms with Crippen molar-refractivity contribution in [2.45, 2.75) is 26.3 Å². The van der Waals surface area contributed by atoms with Gasteiger partial charge in [-0.25, -0.2) is 0 Å². The molecule has 0 fully saturated rings. The number of fused-ring (bicyclic) bond motifs is 1. The van der Waals surface area contributed by atoms with Crippen LogP contribution in [-0.2, 0) is 4.79 Å². The van der Waals surface area contributed by atoms with E-state index in [9.17, 15) is 4.79 Å². The quantitative estimate of drug-likeness (QED) is 0.866. The van der Waals surface area contributed by atoms with Crippen molar-refractivity contribution >= 4 is 22.5 Å². The second-order valence-corrected chi connectivity index (χ2v) is 4.86. The Labute approximate surface area is 113 Å². The molecule has 0 spiro atoms. The topological polar surface area (TPSA) is 59.0 Å². The number of carbonyl (C=O) groups excluding carboxylic acids is 1. The third kappa shape index (κ3) is 3.12. The second-order valence-electron chi connectivity index (χ2n) is 4.86. The fourth-order valence-electron chi connectivity index (χ4n) is 1.99. The summed E-state index contributed by atoms with van der Waals surface area (Å²) in [5, 5.41) is 11.3. The summed E-state index contributed by atoms with van der Waals surface area (Å²) in [5.41, 5.74) is 1.86. The van der Waals surface area contributed by atoms with Gasteiger partial charge in [-0.15, -0.1) is 0 Å². The third-order valence-corrected chi connectivity index (χ3v) is 2.97. The maximum atomic E-state index is 11.7. The zero-order chi connectivity index (χ0) is 13.8. The highest BCUT2D eigenvalue weighted by molar-refractivity contribution is 5.93. The van der Waals surface area contributed by atoms with Crippen molar-refractivity contribution in [3.63, 3.8) is 0 Å². The van der Waals surface area contributed by atoms with E-state index < -0.39 is 0 Å². The number of nitrogens with one attached hydrogen (secondary N) is 2. The summed E-state index contributed by atoms with van der Waals surface area (Å²) in [4.78, 5) is 11.7. The third-order valence-electron chi connectivity index (χ3n) is 2.97. The van der Waals surface area contributed by atoms with Crippen molar-refractivity contribution in [3.05, 3.63) is 24.4 Å². The van der Waals surface area contributed by atoms with Gasteiger partial charge in [0, 0.05) is 30.1 Å². The predicted molar refractivity (Wildman–Crippen MR) is 77.3 cm³/mol. The summed E-state index contributed by atoms with van der Waals surface area (Å²) in [6.45, 7) is 4.85. The minimum absolute atomic E-state index is 0.0179. The summed E-state index contributed by atoms with van der Waals surface area (Å²) >= 11 is 0. The van der Waals surface area contributed by atoms with Gasteiger partial charge >= 0.3 is 0 Å². The molecular weight excluding hydrogens is 240 g/mol. The number of anilines is 1. The maximum absolute atomic E-state index is 11.7. The van der Waals surface area contributed by atoms with Gasteiger partial charge in [0.15, 0.2) is 0 Å². The second kappa shape index (κ2) is 5.84. The predicted octanol–water partition coefficient (Wildman–Crippen LogP) is 2.17. The summed E-state index contributed by atoms with van der Waals surface area (Å²) in [6, 6.07) is 6.16. The highest BCUT2D eigenvalue weighted by atomic mass is 16.1. The van der Waals surface area contributed by atoms with Crippen LogP contribution in [0.2, 0.25) is 0 Å². The summed E-state index contributed by atoms with van der Waals surface area (Å²) in [6.07, 6.45) is 2.32. The lowest BCUT2D eigenvalue weighted by Gasteiger charge is -2.09. The van der Waals surface area contributed by atoms with Crippen molar-refractivity contribution in [1.82, 2.24) is 15.1 Å². The Balaban J connectivity index is 2.20. The number of nitrogens with zero attached hydrogens (tertiary/aromatic N) is 2. The first-order valence-corrected chi connectivity index (χ1v) is 6.53. The number of benzene rings is 1.